The summed E-state index contributed by atoms with van der Waals surface area (Å²) in [6, 6.07) is 0. The normalized spacial score (nSPS) is 11.2. The van der Waals surface area contributed by atoms with Gasteiger partial charge in [-0.05, 0) is 52.0 Å². The molecular weight excluding hydrogens is 425 g/mol. The second kappa shape index (κ2) is 13.2. The molecule has 1 rings (SSSR count). The van der Waals surface area contributed by atoms with Crippen LogP contribution in [0, 0.1) is 13.8 Å². The van der Waals surface area contributed by atoms with Gasteiger partial charge in [0.1, 0.15) is 0 Å². The van der Waals surface area contributed by atoms with Gasteiger partial charge in [0.15, 0.2) is 5.96 Å². The van der Waals surface area contributed by atoms with Gasteiger partial charge in [-0.15, -0.1) is 30.6 Å². The smallest absolute Gasteiger partial charge is 0.193 e. The summed E-state index contributed by atoms with van der Waals surface area (Å²) in [5.41, 5.74) is 3.68. The van der Waals surface area contributed by atoms with Crippen LogP contribution >= 0.6 is 24.0 Å². The molecule has 0 aliphatic rings. The molecule has 0 amide bonds. The lowest BCUT2D eigenvalue weighted by molar-refractivity contribution is 0.455. The first kappa shape index (κ1) is 23.9. The molecule has 0 aliphatic carbocycles. The number of aryl methyl sites for hydroxylation is 2. The SMILES string of the molecule is C=CCCCCCN(C)C(=NCCc1c(C)nn(C)c1C)NCC.I. The molecule has 0 aliphatic heterocycles. The molecule has 5 nitrogen and oxygen atoms in total. The predicted octanol–water partition coefficient (Wildman–Crippen LogP) is 3.84. The first-order valence-corrected chi connectivity index (χ1v) is 9.10. The summed E-state index contributed by atoms with van der Waals surface area (Å²) >= 11 is 0. The second-order valence-corrected chi connectivity index (χ2v) is 6.32. The molecule has 144 valence electrons. The highest BCUT2D eigenvalue weighted by atomic mass is 127. The topological polar surface area (TPSA) is 45.5 Å². The molecule has 1 aromatic heterocycles. The van der Waals surface area contributed by atoms with E-state index in [0.29, 0.717) is 0 Å². The Bertz CT molecular complexity index is 536. The van der Waals surface area contributed by atoms with Crippen molar-refractivity contribution in [2.45, 2.75) is 52.9 Å². The molecule has 0 fully saturated rings. The van der Waals surface area contributed by atoms with Crippen molar-refractivity contribution < 1.29 is 0 Å². The maximum atomic E-state index is 4.79. The van der Waals surface area contributed by atoms with E-state index in [4.69, 9.17) is 4.99 Å². The lowest BCUT2D eigenvalue weighted by Gasteiger charge is -2.22. The molecule has 0 bridgehead atoms. The van der Waals surface area contributed by atoms with Gasteiger partial charge in [-0.25, -0.2) is 0 Å². The zero-order valence-corrected chi connectivity index (χ0v) is 19.0. The summed E-state index contributed by atoms with van der Waals surface area (Å²) < 4.78 is 1.95. The molecule has 0 atom stereocenters. The summed E-state index contributed by atoms with van der Waals surface area (Å²) in [5.74, 6) is 1.00. The van der Waals surface area contributed by atoms with Crippen LogP contribution in [0.25, 0.3) is 0 Å². The highest BCUT2D eigenvalue weighted by Gasteiger charge is 2.09. The molecule has 6 heteroatoms. The highest BCUT2D eigenvalue weighted by molar-refractivity contribution is 14.0. The van der Waals surface area contributed by atoms with Crippen molar-refractivity contribution in [1.82, 2.24) is 20.0 Å². The fourth-order valence-electron chi connectivity index (χ4n) is 2.84. The van der Waals surface area contributed by atoms with Crippen LogP contribution in [0.5, 0.6) is 0 Å². The van der Waals surface area contributed by atoms with Gasteiger partial charge in [-0.1, -0.05) is 12.5 Å². The van der Waals surface area contributed by atoms with Gasteiger partial charge in [0, 0.05) is 39.4 Å². The van der Waals surface area contributed by atoms with E-state index in [0.717, 1.165) is 44.1 Å². The van der Waals surface area contributed by atoms with E-state index < -0.39 is 0 Å². The van der Waals surface area contributed by atoms with E-state index in [-0.39, 0.29) is 24.0 Å². The number of allylic oxidation sites excluding steroid dienone is 1. The van der Waals surface area contributed by atoms with Gasteiger partial charge in [0.2, 0.25) is 0 Å². The average molecular weight is 461 g/mol. The van der Waals surface area contributed by atoms with Crippen molar-refractivity contribution in [2.24, 2.45) is 12.0 Å². The van der Waals surface area contributed by atoms with Crippen LogP contribution in [0.1, 0.15) is 49.6 Å². The van der Waals surface area contributed by atoms with Gasteiger partial charge in [0.25, 0.3) is 0 Å². The highest BCUT2D eigenvalue weighted by Crippen LogP contribution is 2.12. The minimum absolute atomic E-state index is 0. The largest absolute Gasteiger partial charge is 0.357 e. The summed E-state index contributed by atoms with van der Waals surface area (Å²) in [7, 11) is 4.12. The van der Waals surface area contributed by atoms with Crippen LogP contribution in [0.15, 0.2) is 17.6 Å². The van der Waals surface area contributed by atoms with E-state index >= 15 is 0 Å². The second-order valence-electron chi connectivity index (χ2n) is 6.32. The Morgan fingerprint density at radius 1 is 1.32 bits per heavy atom. The molecule has 0 radical (unpaired) electrons. The number of unbranched alkanes of at least 4 members (excludes halogenated alkanes) is 3. The number of rotatable bonds is 10. The molecule has 0 spiro atoms. The van der Waals surface area contributed by atoms with Gasteiger partial charge >= 0.3 is 0 Å². The average Bonchev–Trinajstić information content (AvgIpc) is 2.79. The van der Waals surface area contributed by atoms with Gasteiger partial charge in [-0.2, -0.15) is 5.10 Å². The van der Waals surface area contributed by atoms with Crippen LogP contribution in [-0.2, 0) is 13.5 Å². The number of aliphatic imine (C=N–C) groups is 1. The lowest BCUT2D eigenvalue weighted by atomic mass is 10.1. The Kier molecular flexibility index (Phi) is 12.6. The molecule has 1 heterocycles. The number of halogens is 1. The quantitative estimate of drug-likeness (QED) is 0.189. The minimum Gasteiger partial charge on any atom is -0.357 e. The zero-order chi connectivity index (χ0) is 17.9. The fourth-order valence-corrected chi connectivity index (χ4v) is 2.84. The Morgan fingerprint density at radius 3 is 2.60 bits per heavy atom. The molecule has 0 saturated carbocycles. The van der Waals surface area contributed by atoms with Crippen LogP contribution in [0.2, 0.25) is 0 Å². The fraction of sp³-hybridized carbons (Fsp3) is 0.684. The third kappa shape index (κ3) is 8.25. The molecule has 0 saturated heterocycles. The van der Waals surface area contributed by atoms with Crippen molar-refractivity contribution in [3.05, 3.63) is 29.6 Å². The van der Waals surface area contributed by atoms with Crippen molar-refractivity contribution in [2.75, 3.05) is 26.7 Å². The van der Waals surface area contributed by atoms with E-state index in [1.54, 1.807) is 0 Å². The minimum atomic E-state index is 0. The Hall–Kier alpha value is -1.05. The lowest BCUT2D eigenvalue weighted by Crippen LogP contribution is -2.39. The van der Waals surface area contributed by atoms with Crippen molar-refractivity contribution >= 4 is 29.9 Å². The van der Waals surface area contributed by atoms with Crippen LogP contribution in [0.3, 0.4) is 0 Å². The summed E-state index contributed by atoms with van der Waals surface area (Å²) in [5, 5.41) is 7.87. The molecule has 0 unspecified atom stereocenters. The first-order valence-electron chi connectivity index (χ1n) is 9.10. The van der Waals surface area contributed by atoms with Crippen molar-refractivity contribution in [3.63, 3.8) is 0 Å². The monoisotopic (exact) mass is 461 g/mol. The molecule has 1 N–H and O–H groups in total. The third-order valence-corrected chi connectivity index (χ3v) is 4.38. The van der Waals surface area contributed by atoms with Gasteiger partial charge in [-0.3, -0.25) is 9.67 Å². The summed E-state index contributed by atoms with van der Waals surface area (Å²) in [4.78, 5) is 7.03. The summed E-state index contributed by atoms with van der Waals surface area (Å²) in [6.07, 6.45) is 7.71. The molecule has 25 heavy (non-hydrogen) atoms. The number of nitrogens with one attached hydrogen (secondary N) is 1. The van der Waals surface area contributed by atoms with Crippen LogP contribution < -0.4 is 5.32 Å². The molecule has 1 aromatic rings. The van der Waals surface area contributed by atoms with E-state index in [2.05, 4.69) is 49.7 Å². The number of nitrogens with zero attached hydrogens (tertiary/aromatic N) is 4. The zero-order valence-electron chi connectivity index (χ0n) is 16.6. The van der Waals surface area contributed by atoms with E-state index in [1.807, 2.05) is 17.8 Å². The number of hydrogen-bond acceptors (Lipinski definition) is 2. The standard InChI is InChI=1S/C19H35N5.HI/c1-7-9-10-11-12-15-23(5)19(20-8-2)21-14-13-18-16(3)22-24(6)17(18)4;/h7H,1,8-15H2,2-6H3,(H,20,21);1H. The number of aromatic nitrogens is 2. The van der Waals surface area contributed by atoms with Gasteiger partial charge in [0.05, 0.1) is 5.69 Å². The van der Waals surface area contributed by atoms with Gasteiger partial charge < -0.3 is 10.2 Å². The number of guanidine groups is 1. The van der Waals surface area contributed by atoms with E-state index in [9.17, 15) is 0 Å². The van der Waals surface area contributed by atoms with Crippen LogP contribution in [0.4, 0.5) is 0 Å². The Morgan fingerprint density at radius 2 is 2.04 bits per heavy atom. The molecular formula is C19H36IN5. The Labute approximate surface area is 171 Å². The third-order valence-electron chi connectivity index (χ3n) is 4.38. The summed E-state index contributed by atoms with van der Waals surface area (Å²) in [6.45, 7) is 12.8. The number of hydrogen-bond donors (Lipinski definition) is 1. The maximum absolute atomic E-state index is 4.79. The predicted molar refractivity (Wildman–Crippen MR) is 119 cm³/mol. The maximum Gasteiger partial charge on any atom is 0.193 e. The first-order chi connectivity index (χ1) is 11.5. The Balaban J connectivity index is 0.00000576. The molecule has 0 aromatic carbocycles. The van der Waals surface area contributed by atoms with Crippen molar-refractivity contribution in [1.29, 1.82) is 0 Å². The van der Waals surface area contributed by atoms with Crippen molar-refractivity contribution in [3.8, 4) is 0 Å². The van der Waals surface area contributed by atoms with E-state index in [1.165, 1.54) is 30.5 Å². The van der Waals surface area contributed by atoms with Crippen LogP contribution in [-0.4, -0.2) is 47.3 Å².